The summed E-state index contributed by atoms with van der Waals surface area (Å²) in [5, 5.41) is 5.61. The molecule has 0 spiro atoms. The lowest BCUT2D eigenvalue weighted by molar-refractivity contribution is 0.0728. The molecule has 0 aliphatic heterocycles. The Morgan fingerprint density at radius 1 is 0.884 bits per heavy atom. The zero-order valence-corrected chi connectivity index (χ0v) is 24.8. The first-order valence-corrected chi connectivity index (χ1v) is 14.2. The highest BCUT2D eigenvalue weighted by Gasteiger charge is 2.20. The minimum atomic E-state index is -0.655. The summed E-state index contributed by atoms with van der Waals surface area (Å²) in [6.45, 7) is 4.59. The van der Waals surface area contributed by atoms with Gasteiger partial charge in [0, 0.05) is 21.5 Å². The van der Waals surface area contributed by atoms with Crippen LogP contribution in [0.2, 0.25) is 10.0 Å². The average molecular weight is 617 g/mol. The molecule has 0 aliphatic rings. The molecule has 4 aromatic carbocycles. The van der Waals surface area contributed by atoms with Crippen molar-refractivity contribution >= 4 is 52.2 Å². The summed E-state index contributed by atoms with van der Waals surface area (Å²) in [5.74, 6) is 0.169. The number of esters is 1. The van der Waals surface area contributed by atoms with Gasteiger partial charge in [0.2, 0.25) is 0 Å². The minimum Gasteiger partial charge on any atom is -0.494 e. The molecule has 218 valence electrons. The normalized spacial score (nSPS) is 11.1. The zero-order valence-electron chi connectivity index (χ0n) is 23.3. The number of nitrogens with one attached hydrogen (secondary N) is 2. The van der Waals surface area contributed by atoms with Crippen LogP contribution in [-0.4, -0.2) is 36.3 Å². The third kappa shape index (κ3) is 6.83. The number of aromatic amines is 1. The topological polar surface area (TPSA) is 102 Å². The Bertz CT molecular complexity index is 1820. The van der Waals surface area contributed by atoms with Crippen molar-refractivity contribution in [3.05, 3.63) is 112 Å². The van der Waals surface area contributed by atoms with Crippen LogP contribution in [0, 0.1) is 0 Å². The molecule has 10 heteroatoms. The number of halogens is 2. The van der Waals surface area contributed by atoms with Gasteiger partial charge in [-0.1, -0.05) is 53.5 Å². The van der Waals surface area contributed by atoms with Gasteiger partial charge >= 0.3 is 5.97 Å². The standard InChI is InChI=1S/C33H27Cl2N3O5/c1-3-41-23-12-14-27-25(18-23)30(21-8-6-5-7-9-21)31(37-27)32(39)38-36-19-20-10-15-28(29(16-20)42-4-2)43-33(40)24-13-11-22(34)17-26(24)35/h5-19,37H,3-4H2,1-2H3,(H,38,39). The van der Waals surface area contributed by atoms with Crippen LogP contribution < -0.4 is 19.6 Å². The van der Waals surface area contributed by atoms with Crippen LogP contribution in [0.4, 0.5) is 0 Å². The van der Waals surface area contributed by atoms with Crippen molar-refractivity contribution in [1.82, 2.24) is 10.4 Å². The van der Waals surface area contributed by atoms with E-state index in [1.54, 1.807) is 24.3 Å². The second kappa shape index (κ2) is 13.5. The maximum Gasteiger partial charge on any atom is 0.345 e. The van der Waals surface area contributed by atoms with Crippen molar-refractivity contribution in [1.29, 1.82) is 0 Å². The van der Waals surface area contributed by atoms with E-state index in [9.17, 15) is 9.59 Å². The maximum atomic E-state index is 13.3. The smallest absolute Gasteiger partial charge is 0.345 e. The number of ether oxygens (including phenoxy) is 3. The number of H-pyrrole nitrogens is 1. The SMILES string of the molecule is CCOc1ccc2[nH]c(C(=O)NN=Cc3ccc(OC(=O)c4ccc(Cl)cc4Cl)c(OCC)c3)c(-c3ccccc3)c2c1. The first kappa shape index (κ1) is 29.7. The number of carbonyl (C=O) groups is 2. The molecule has 0 saturated carbocycles. The molecule has 5 aromatic rings. The lowest BCUT2D eigenvalue weighted by Gasteiger charge is -2.12. The molecule has 1 amide bonds. The van der Waals surface area contributed by atoms with Crippen molar-refractivity contribution < 1.29 is 23.8 Å². The van der Waals surface area contributed by atoms with E-state index in [1.165, 1.54) is 18.3 Å². The number of fused-ring (bicyclic) bond motifs is 1. The van der Waals surface area contributed by atoms with Gasteiger partial charge < -0.3 is 19.2 Å². The number of carbonyl (C=O) groups excluding carboxylic acids is 2. The van der Waals surface area contributed by atoms with Crippen LogP contribution in [-0.2, 0) is 0 Å². The van der Waals surface area contributed by atoms with Gasteiger partial charge in [-0.15, -0.1) is 0 Å². The van der Waals surface area contributed by atoms with Crippen molar-refractivity contribution in [3.63, 3.8) is 0 Å². The number of hydrazone groups is 1. The molecule has 1 aromatic heterocycles. The highest BCUT2D eigenvalue weighted by Crippen LogP contribution is 2.35. The molecular formula is C33H27Cl2N3O5. The third-order valence-electron chi connectivity index (χ3n) is 6.37. The summed E-state index contributed by atoms with van der Waals surface area (Å²) in [6, 6.07) is 24.7. The van der Waals surface area contributed by atoms with Gasteiger partial charge in [0.25, 0.3) is 5.91 Å². The summed E-state index contributed by atoms with van der Waals surface area (Å²) in [4.78, 5) is 29.3. The van der Waals surface area contributed by atoms with E-state index in [2.05, 4.69) is 15.5 Å². The number of rotatable bonds is 10. The Kier molecular flexibility index (Phi) is 9.29. The van der Waals surface area contributed by atoms with Crippen LogP contribution in [0.1, 0.15) is 40.3 Å². The predicted octanol–water partition coefficient (Wildman–Crippen LogP) is 7.92. The van der Waals surface area contributed by atoms with E-state index < -0.39 is 11.9 Å². The fourth-order valence-corrected chi connectivity index (χ4v) is 4.98. The van der Waals surface area contributed by atoms with Gasteiger partial charge in [-0.25, -0.2) is 10.2 Å². The highest BCUT2D eigenvalue weighted by atomic mass is 35.5. The van der Waals surface area contributed by atoms with E-state index in [-0.39, 0.29) is 16.3 Å². The Morgan fingerprint density at radius 3 is 2.42 bits per heavy atom. The minimum absolute atomic E-state index is 0.169. The summed E-state index contributed by atoms with van der Waals surface area (Å²) in [6.07, 6.45) is 1.47. The molecule has 1 heterocycles. The van der Waals surface area contributed by atoms with Crippen LogP contribution in [0.25, 0.3) is 22.0 Å². The lowest BCUT2D eigenvalue weighted by atomic mass is 10.0. The summed E-state index contributed by atoms with van der Waals surface area (Å²) >= 11 is 12.1. The molecule has 0 saturated heterocycles. The lowest BCUT2D eigenvalue weighted by Crippen LogP contribution is -2.18. The molecule has 0 atom stereocenters. The third-order valence-corrected chi connectivity index (χ3v) is 6.92. The Morgan fingerprint density at radius 2 is 1.67 bits per heavy atom. The largest absolute Gasteiger partial charge is 0.494 e. The van der Waals surface area contributed by atoms with Crippen molar-refractivity contribution in [2.45, 2.75) is 13.8 Å². The number of hydrogen-bond donors (Lipinski definition) is 2. The average Bonchev–Trinajstić information content (AvgIpc) is 3.38. The number of hydrogen-bond acceptors (Lipinski definition) is 6. The summed E-state index contributed by atoms with van der Waals surface area (Å²) in [5.41, 5.74) is 6.16. The van der Waals surface area contributed by atoms with Crippen LogP contribution >= 0.6 is 23.2 Å². The number of aromatic nitrogens is 1. The van der Waals surface area contributed by atoms with E-state index in [0.29, 0.717) is 41.0 Å². The fraction of sp³-hybridized carbons (Fsp3) is 0.121. The number of benzene rings is 4. The number of amides is 1. The molecule has 2 N–H and O–H groups in total. The van der Waals surface area contributed by atoms with Crippen molar-refractivity contribution in [2.75, 3.05) is 13.2 Å². The Balaban J connectivity index is 1.37. The molecule has 8 nitrogen and oxygen atoms in total. The monoisotopic (exact) mass is 615 g/mol. The predicted molar refractivity (Wildman–Crippen MR) is 169 cm³/mol. The highest BCUT2D eigenvalue weighted by molar-refractivity contribution is 6.36. The molecule has 0 aliphatic carbocycles. The van der Waals surface area contributed by atoms with Crippen molar-refractivity contribution in [2.24, 2.45) is 5.10 Å². The molecule has 0 radical (unpaired) electrons. The molecule has 0 bridgehead atoms. The molecular weight excluding hydrogens is 589 g/mol. The maximum absolute atomic E-state index is 13.3. The van der Waals surface area contributed by atoms with Gasteiger partial charge in [0.15, 0.2) is 11.5 Å². The first-order valence-electron chi connectivity index (χ1n) is 13.5. The Hall–Kier alpha value is -4.79. The number of nitrogens with zero attached hydrogens (tertiary/aromatic N) is 1. The second-order valence-corrected chi connectivity index (χ2v) is 10.1. The summed E-state index contributed by atoms with van der Waals surface area (Å²) < 4.78 is 16.9. The molecule has 43 heavy (non-hydrogen) atoms. The fourth-order valence-electron chi connectivity index (χ4n) is 4.49. The van der Waals surface area contributed by atoms with Gasteiger partial charge in [-0.3, -0.25) is 4.79 Å². The van der Waals surface area contributed by atoms with Crippen LogP contribution in [0.3, 0.4) is 0 Å². The van der Waals surface area contributed by atoms with Gasteiger partial charge in [-0.2, -0.15) is 5.10 Å². The quantitative estimate of drug-likeness (QED) is 0.0719. The van der Waals surface area contributed by atoms with Crippen LogP contribution in [0.15, 0.2) is 90.0 Å². The van der Waals surface area contributed by atoms with Gasteiger partial charge in [0.1, 0.15) is 11.4 Å². The van der Waals surface area contributed by atoms with Gasteiger partial charge in [-0.05, 0) is 79.6 Å². The van der Waals surface area contributed by atoms with E-state index in [0.717, 1.165) is 22.0 Å². The first-order chi connectivity index (χ1) is 20.9. The van der Waals surface area contributed by atoms with E-state index in [1.807, 2.05) is 62.4 Å². The summed E-state index contributed by atoms with van der Waals surface area (Å²) in [7, 11) is 0. The molecule has 0 fully saturated rings. The second-order valence-electron chi connectivity index (χ2n) is 9.23. The van der Waals surface area contributed by atoms with E-state index in [4.69, 9.17) is 37.4 Å². The Labute approximate surface area is 258 Å². The zero-order chi connectivity index (χ0) is 30.3. The van der Waals surface area contributed by atoms with Crippen LogP contribution in [0.5, 0.6) is 17.2 Å². The van der Waals surface area contributed by atoms with E-state index >= 15 is 0 Å². The molecule has 0 unspecified atom stereocenters. The molecule has 5 rings (SSSR count). The van der Waals surface area contributed by atoms with Gasteiger partial charge in [0.05, 0.1) is 30.0 Å². The van der Waals surface area contributed by atoms with Crippen molar-refractivity contribution in [3.8, 4) is 28.4 Å².